The van der Waals surface area contributed by atoms with Gasteiger partial charge < -0.3 is 10.2 Å². The van der Waals surface area contributed by atoms with Gasteiger partial charge in [-0.25, -0.2) is 0 Å². The van der Waals surface area contributed by atoms with E-state index >= 15 is 0 Å². The first-order valence-corrected chi connectivity index (χ1v) is 4.26. The second-order valence-electron chi connectivity index (χ2n) is 3.37. The number of carbonyl (C=O) groups excluding carboxylic acids is 1. The number of carbonyl (C=O) groups is 1. The summed E-state index contributed by atoms with van der Waals surface area (Å²) in [6.07, 6.45) is 2.27. The number of oxime groups is 1. The molecule has 1 heterocycles. The lowest BCUT2D eigenvalue weighted by Crippen LogP contribution is -2.28. The molecule has 0 bridgehead atoms. The van der Waals surface area contributed by atoms with Gasteiger partial charge >= 0.3 is 0 Å². The van der Waals surface area contributed by atoms with Crippen LogP contribution in [0.1, 0.15) is 27.2 Å². The average Bonchev–Trinajstić information content (AvgIpc) is 2.33. The van der Waals surface area contributed by atoms with Crippen molar-refractivity contribution in [1.82, 2.24) is 5.32 Å². The van der Waals surface area contributed by atoms with Crippen molar-refractivity contribution in [2.45, 2.75) is 33.3 Å². The third-order valence-electron chi connectivity index (χ3n) is 1.51. The Kier molecular flexibility index (Phi) is 3.06. The minimum atomic E-state index is -0.142. The quantitative estimate of drug-likeness (QED) is 0.619. The van der Waals surface area contributed by atoms with Crippen LogP contribution in [-0.4, -0.2) is 17.8 Å². The highest BCUT2D eigenvalue weighted by Gasteiger charge is 2.16. The highest BCUT2D eigenvalue weighted by atomic mass is 16.6. The molecule has 0 spiro atoms. The van der Waals surface area contributed by atoms with E-state index in [1.54, 1.807) is 0 Å². The molecule has 0 fully saturated rings. The van der Waals surface area contributed by atoms with E-state index in [1.165, 1.54) is 6.08 Å². The Labute approximate surface area is 77.6 Å². The normalized spacial score (nSPS) is 20.2. The fraction of sp³-hybridized carbons (Fsp3) is 0.556. The average molecular weight is 182 g/mol. The maximum Gasteiger partial charge on any atom is 0.249 e. The standard InChI is InChI=1S/C9H14N2O2/c1-6(2)4-9(12)10-8-5-7(3)13-11-8/h4,7H,5H2,1-3H3,(H,10,11,12). The van der Waals surface area contributed by atoms with Gasteiger partial charge in [-0.3, -0.25) is 4.79 Å². The van der Waals surface area contributed by atoms with Gasteiger partial charge in [0.15, 0.2) is 5.84 Å². The minimum absolute atomic E-state index is 0.0713. The number of allylic oxidation sites excluding steroid dienone is 1. The zero-order valence-electron chi connectivity index (χ0n) is 8.13. The summed E-state index contributed by atoms with van der Waals surface area (Å²) in [5.41, 5.74) is 0.963. The van der Waals surface area contributed by atoms with E-state index in [1.807, 2.05) is 20.8 Å². The summed E-state index contributed by atoms with van der Waals surface area (Å²) in [5.74, 6) is 0.464. The lowest BCUT2D eigenvalue weighted by Gasteiger charge is -1.99. The van der Waals surface area contributed by atoms with Gasteiger partial charge in [0, 0.05) is 12.5 Å². The van der Waals surface area contributed by atoms with E-state index in [4.69, 9.17) is 4.84 Å². The van der Waals surface area contributed by atoms with Crippen molar-refractivity contribution >= 4 is 11.7 Å². The molecule has 72 valence electrons. The molecule has 0 aliphatic carbocycles. The van der Waals surface area contributed by atoms with Crippen molar-refractivity contribution in [3.63, 3.8) is 0 Å². The summed E-state index contributed by atoms with van der Waals surface area (Å²) < 4.78 is 0. The molecular weight excluding hydrogens is 168 g/mol. The topological polar surface area (TPSA) is 50.7 Å². The summed E-state index contributed by atoms with van der Waals surface area (Å²) in [4.78, 5) is 16.1. The van der Waals surface area contributed by atoms with Gasteiger partial charge in [-0.1, -0.05) is 10.7 Å². The number of nitrogens with zero attached hydrogens (tertiary/aromatic N) is 1. The summed E-state index contributed by atoms with van der Waals surface area (Å²) in [7, 11) is 0. The molecule has 0 saturated heterocycles. The van der Waals surface area contributed by atoms with Gasteiger partial charge in [-0.2, -0.15) is 0 Å². The Morgan fingerprint density at radius 3 is 2.85 bits per heavy atom. The van der Waals surface area contributed by atoms with E-state index in [2.05, 4.69) is 10.5 Å². The Hall–Kier alpha value is -1.32. The highest BCUT2D eigenvalue weighted by Crippen LogP contribution is 2.07. The van der Waals surface area contributed by atoms with E-state index in [0.29, 0.717) is 12.3 Å². The van der Waals surface area contributed by atoms with E-state index < -0.39 is 0 Å². The smallest absolute Gasteiger partial charge is 0.249 e. The van der Waals surface area contributed by atoms with Crippen LogP contribution in [0.25, 0.3) is 0 Å². The number of amidine groups is 1. The molecule has 1 amide bonds. The molecule has 1 unspecified atom stereocenters. The van der Waals surface area contributed by atoms with Gasteiger partial charge in [0.2, 0.25) is 5.91 Å². The van der Waals surface area contributed by atoms with Crippen LogP contribution in [0.4, 0.5) is 0 Å². The largest absolute Gasteiger partial charge is 0.391 e. The number of amides is 1. The highest BCUT2D eigenvalue weighted by molar-refractivity contribution is 6.03. The molecule has 0 aromatic rings. The predicted octanol–water partition coefficient (Wildman–Crippen LogP) is 1.19. The molecule has 1 N–H and O–H groups in total. The number of hydrogen-bond donors (Lipinski definition) is 1. The number of nitrogens with one attached hydrogen (secondary N) is 1. The van der Waals surface area contributed by atoms with Crippen molar-refractivity contribution in [2.75, 3.05) is 0 Å². The van der Waals surface area contributed by atoms with Crippen molar-refractivity contribution in [3.05, 3.63) is 11.6 Å². The summed E-state index contributed by atoms with van der Waals surface area (Å²) in [5, 5.41) is 6.37. The fourth-order valence-corrected chi connectivity index (χ4v) is 1.01. The van der Waals surface area contributed by atoms with Gasteiger partial charge in [0.1, 0.15) is 6.10 Å². The van der Waals surface area contributed by atoms with Crippen LogP contribution in [0.2, 0.25) is 0 Å². The molecule has 1 aliphatic heterocycles. The van der Waals surface area contributed by atoms with Crippen LogP contribution in [0.3, 0.4) is 0 Å². The second-order valence-corrected chi connectivity index (χ2v) is 3.37. The van der Waals surface area contributed by atoms with E-state index in [-0.39, 0.29) is 12.0 Å². The van der Waals surface area contributed by atoms with E-state index in [0.717, 1.165) is 5.57 Å². The third-order valence-corrected chi connectivity index (χ3v) is 1.51. The minimum Gasteiger partial charge on any atom is -0.391 e. The van der Waals surface area contributed by atoms with Crippen LogP contribution >= 0.6 is 0 Å². The third kappa shape index (κ3) is 3.27. The Balaban J connectivity index is 2.42. The lowest BCUT2D eigenvalue weighted by atomic mass is 10.2. The lowest BCUT2D eigenvalue weighted by molar-refractivity contribution is -0.115. The van der Waals surface area contributed by atoms with Crippen molar-refractivity contribution in [2.24, 2.45) is 5.16 Å². The van der Waals surface area contributed by atoms with Crippen molar-refractivity contribution < 1.29 is 9.63 Å². The molecule has 0 aromatic carbocycles. The van der Waals surface area contributed by atoms with Gasteiger partial charge in [-0.05, 0) is 20.8 Å². The van der Waals surface area contributed by atoms with Crippen LogP contribution in [-0.2, 0) is 9.63 Å². The van der Waals surface area contributed by atoms with Crippen LogP contribution in [0.5, 0.6) is 0 Å². The SMILES string of the molecule is CC(C)=CC(=O)NC1=NOC(C)C1. The molecule has 1 atom stereocenters. The van der Waals surface area contributed by atoms with Gasteiger partial charge in [0.25, 0.3) is 0 Å². The summed E-state index contributed by atoms with van der Waals surface area (Å²) >= 11 is 0. The molecule has 0 saturated carbocycles. The Morgan fingerprint density at radius 1 is 1.69 bits per heavy atom. The molecule has 1 rings (SSSR count). The zero-order valence-corrected chi connectivity index (χ0v) is 8.13. The van der Waals surface area contributed by atoms with Gasteiger partial charge in [-0.15, -0.1) is 0 Å². The molecular formula is C9H14N2O2. The molecule has 1 aliphatic rings. The van der Waals surface area contributed by atoms with E-state index in [9.17, 15) is 4.79 Å². The van der Waals surface area contributed by atoms with Crippen LogP contribution in [0, 0.1) is 0 Å². The first-order valence-electron chi connectivity index (χ1n) is 4.26. The zero-order chi connectivity index (χ0) is 9.84. The first kappa shape index (κ1) is 9.77. The van der Waals surface area contributed by atoms with Crippen molar-refractivity contribution in [1.29, 1.82) is 0 Å². The maximum atomic E-state index is 11.2. The molecule has 0 aromatic heterocycles. The molecule has 4 nitrogen and oxygen atoms in total. The first-order chi connectivity index (χ1) is 6.08. The summed E-state index contributed by atoms with van der Waals surface area (Å²) in [6.45, 7) is 5.65. The number of hydrogen-bond acceptors (Lipinski definition) is 3. The van der Waals surface area contributed by atoms with Crippen LogP contribution < -0.4 is 5.32 Å². The Morgan fingerprint density at radius 2 is 2.38 bits per heavy atom. The fourth-order valence-electron chi connectivity index (χ4n) is 1.01. The van der Waals surface area contributed by atoms with Crippen molar-refractivity contribution in [3.8, 4) is 0 Å². The molecule has 13 heavy (non-hydrogen) atoms. The van der Waals surface area contributed by atoms with Crippen LogP contribution in [0.15, 0.2) is 16.8 Å². The molecule has 0 radical (unpaired) electrons. The second kappa shape index (κ2) is 4.07. The molecule has 4 heteroatoms. The summed E-state index contributed by atoms with van der Waals surface area (Å²) in [6, 6.07) is 0. The van der Waals surface area contributed by atoms with Gasteiger partial charge in [0.05, 0.1) is 0 Å². The Bertz CT molecular complexity index is 265. The monoisotopic (exact) mass is 182 g/mol. The number of rotatable bonds is 1. The maximum absolute atomic E-state index is 11.2. The predicted molar refractivity (Wildman–Crippen MR) is 50.2 cm³/mol.